The third-order valence-electron chi connectivity index (χ3n) is 1.55. The Kier molecular flexibility index (Phi) is 3.96. The summed E-state index contributed by atoms with van der Waals surface area (Å²) in [7, 11) is 0. The second kappa shape index (κ2) is 4.76. The van der Waals surface area contributed by atoms with Gasteiger partial charge < -0.3 is 9.47 Å². The van der Waals surface area contributed by atoms with Gasteiger partial charge in [0, 0.05) is 4.47 Å². The number of alkyl halides is 3. The predicted octanol–water partition coefficient (Wildman–Crippen LogP) is 4.53. The van der Waals surface area contributed by atoms with Gasteiger partial charge >= 0.3 is 6.36 Å². The van der Waals surface area contributed by atoms with Crippen LogP contribution in [0.3, 0.4) is 0 Å². The van der Waals surface area contributed by atoms with Crippen LogP contribution in [-0.4, -0.2) is 12.0 Å². The standard InChI is InChI=1S/C11H12BrF3O2/c1-10(2,3)16-9-6-7(12)4-5-8(9)17-11(13,14)15/h4-6H,1-3H3. The van der Waals surface area contributed by atoms with Gasteiger partial charge in [0.15, 0.2) is 11.5 Å². The molecule has 0 unspecified atom stereocenters. The van der Waals surface area contributed by atoms with Crippen molar-refractivity contribution in [2.45, 2.75) is 32.7 Å². The maximum Gasteiger partial charge on any atom is 0.573 e. The zero-order valence-electron chi connectivity index (χ0n) is 9.56. The lowest BCUT2D eigenvalue weighted by Gasteiger charge is -2.23. The normalized spacial score (nSPS) is 12.4. The van der Waals surface area contributed by atoms with Crippen LogP contribution in [0.4, 0.5) is 13.2 Å². The number of rotatable bonds is 2. The van der Waals surface area contributed by atoms with Gasteiger partial charge in [-0.1, -0.05) is 15.9 Å². The highest BCUT2D eigenvalue weighted by molar-refractivity contribution is 9.10. The van der Waals surface area contributed by atoms with Crippen LogP contribution < -0.4 is 9.47 Å². The molecule has 0 radical (unpaired) electrons. The van der Waals surface area contributed by atoms with E-state index in [-0.39, 0.29) is 11.5 Å². The minimum atomic E-state index is -4.73. The van der Waals surface area contributed by atoms with Gasteiger partial charge in [0.1, 0.15) is 5.60 Å². The van der Waals surface area contributed by atoms with Crippen LogP contribution in [0.15, 0.2) is 22.7 Å². The molecule has 0 bridgehead atoms. The third kappa shape index (κ3) is 5.30. The highest BCUT2D eigenvalue weighted by Crippen LogP contribution is 2.36. The van der Waals surface area contributed by atoms with Gasteiger partial charge in [-0.25, -0.2) is 0 Å². The summed E-state index contributed by atoms with van der Waals surface area (Å²) in [4.78, 5) is 0. The maximum atomic E-state index is 12.2. The third-order valence-corrected chi connectivity index (χ3v) is 2.04. The Balaban J connectivity index is 3.04. The van der Waals surface area contributed by atoms with Crippen molar-refractivity contribution in [1.29, 1.82) is 0 Å². The molecule has 0 spiro atoms. The summed E-state index contributed by atoms with van der Waals surface area (Å²) in [5.74, 6) is -0.306. The van der Waals surface area contributed by atoms with Gasteiger partial charge in [-0.2, -0.15) is 0 Å². The minimum Gasteiger partial charge on any atom is -0.484 e. The number of halogens is 4. The molecule has 6 heteroatoms. The molecule has 96 valence electrons. The largest absolute Gasteiger partial charge is 0.573 e. The van der Waals surface area contributed by atoms with Gasteiger partial charge in [0.25, 0.3) is 0 Å². The first kappa shape index (κ1) is 14.2. The average molecular weight is 313 g/mol. The molecule has 0 aromatic heterocycles. The first-order chi connectivity index (χ1) is 7.57. The second-order valence-electron chi connectivity index (χ2n) is 4.35. The molecule has 1 aromatic rings. The molecule has 0 fully saturated rings. The van der Waals surface area contributed by atoms with Gasteiger partial charge in [-0.05, 0) is 39.0 Å². The monoisotopic (exact) mass is 312 g/mol. The lowest BCUT2D eigenvalue weighted by molar-refractivity contribution is -0.275. The maximum absolute atomic E-state index is 12.2. The van der Waals surface area contributed by atoms with Gasteiger partial charge in [-0.3, -0.25) is 0 Å². The molecule has 2 nitrogen and oxygen atoms in total. The Morgan fingerprint density at radius 1 is 1.00 bits per heavy atom. The molecule has 0 saturated heterocycles. The first-order valence-electron chi connectivity index (χ1n) is 4.81. The Morgan fingerprint density at radius 2 is 1.59 bits per heavy atom. The molecule has 0 amide bonds. The summed E-state index contributed by atoms with van der Waals surface area (Å²) in [5, 5.41) is 0. The van der Waals surface area contributed by atoms with Crippen LogP contribution in [0.25, 0.3) is 0 Å². The number of hydrogen-bond acceptors (Lipinski definition) is 2. The molecule has 0 aliphatic heterocycles. The van der Waals surface area contributed by atoms with Gasteiger partial charge in [-0.15, -0.1) is 13.2 Å². The number of hydrogen-bond donors (Lipinski definition) is 0. The molecule has 0 aliphatic rings. The molecule has 0 aliphatic carbocycles. The van der Waals surface area contributed by atoms with Crippen molar-refractivity contribution in [1.82, 2.24) is 0 Å². The van der Waals surface area contributed by atoms with Crippen LogP contribution in [0.2, 0.25) is 0 Å². The summed E-state index contributed by atoms with van der Waals surface area (Å²) < 4.78 is 46.4. The van der Waals surface area contributed by atoms with Crippen LogP contribution in [0.5, 0.6) is 11.5 Å². The van der Waals surface area contributed by atoms with E-state index in [0.717, 1.165) is 0 Å². The first-order valence-corrected chi connectivity index (χ1v) is 5.60. The van der Waals surface area contributed by atoms with Crippen molar-refractivity contribution in [3.05, 3.63) is 22.7 Å². The Morgan fingerprint density at radius 3 is 2.06 bits per heavy atom. The van der Waals surface area contributed by atoms with Crippen LogP contribution in [0.1, 0.15) is 20.8 Å². The van der Waals surface area contributed by atoms with E-state index < -0.39 is 12.0 Å². The summed E-state index contributed by atoms with van der Waals surface area (Å²) in [6.07, 6.45) is -4.73. The molecule has 0 N–H and O–H groups in total. The Labute approximate surface area is 106 Å². The summed E-state index contributed by atoms with van der Waals surface area (Å²) in [6, 6.07) is 4.10. The quantitative estimate of drug-likeness (QED) is 0.799. The zero-order valence-corrected chi connectivity index (χ0v) is 11.1. The Bertz CT molecular complexity index is 397. The topological polar surface area (TPSA) is 18.5 Å². The SMILES string of the molecule is CC(C)(C)Oc1cc(Br)ccc1OC(F)(F)F. The minimum absolute atomic E-state index is 0.0456. The van der Waals surface area contributed by atoms with Crippen LogP contribution >= 0.6 is 15.9 Å². The lowest BCUT2D eigenvalue weighted by Crippen LogP contribution is -2.24. The van der Waals surface area contributed by atoms with E-state index >= 15 is 0 Å². The van der Waals surface area contributed by atoms with Crippen LogP contribution in [0, 0.1) is 0 Å². The molecular weight excluding hydrogens is 301 g/mol. The zero-order chi connectivity index (χ0) is 13.3. The van der Waals surface area contributed by atoms with Crippen molar-refractivity contribution in [3.8, 4) is 11.5 Å². The van der Waals surface area contributed by atoms with E-state index in [1.807, 2.05) is 0 Å². The molecule has 0 saturated carbocycles. The Hall–Kier alpha value is -0.910. The fraction of sp³-hybridized carbons (Fsp3) is 0.455. The molecule has 0 heterocycles. The fourth-order valence-corrected chi connectivity index (χ4v) is 1.44. The molecule has 17 heavy (non-hydrogen) atoms. The smallest absolute Gasteiger partial charge is 0.484 e. The van der Waals surface area contributed by atoms with Crippen molar-refractivity contribution >= 4 is 15.9 Å². The van der Waals surface area contributed by atoms with Crippen molar-refractivity contribution < 1.29 is 22.6 Å². The number of benzene rings is 1. The van der Waals surface area contributed by atoms with E-state index in [0.29, 0.717) is 4.47 Å². The van der Waals surface area contributed by atoms with E-state index in [4.69, 9.17) is 4.74 Å². The average Bonchev–Trinajstić information content (AvgIpc) is 2.05. The van der Waals surface area contributed by atoms with E-state index in [9.17, 15) is 13.2 Å². The van der Waals surface area contributed by atoms with Crippen molar-refractivity contribution in [2.24, 2.45) is 0 Å². The van der Waals surface area contributed by atoms with E-state index in [2.05, 4.69) is 20.7 Å². The number of ether oxygens (including phenoxy) is 2. The summed E-state index contributed by atoms with van der Waals surface area (Å²) in [6.45, 7) is 5.22. The molecule has 1 aromatic carbocycles. The molecule has 0 atom stereocenters. The van der Waals surface area contributed by atoms with E-state index in [1.165, 1.54) is 18.2 Å². The summed E-state index contributed by atoms with van der Waals surface area (Å²) >= 11 is 3.17. The van der Waals surface area contributed by atoms with Gasteiger partial charge in [0.05, 0.1) is 0 Å². The van der Waals surface area contributed by atoms with Gasteiger partial charge in [0.2, 0.25) is 0 Å². The highest BCUT2D eigenvalue weighted by atomic mass is 79.9. The highest BCUT2D eigenvalue weighted by Gasteiger charge is 2.33. The van der Waals surface area contributed by atoms with Crippen LogP contribution in [-0.2, 0) is 0 Å². The van der Waals surface area contributed by atoms with Crippen molar-refractivity contribution in [3.63, 3.8) is 0 Å². The summed E-state index contributed by atoms with van der Waals surface area (Å²) in [5.41, 5.74) is -0.607. The molecular formula is C11H12BrF3O2. The van der Waals surface area contributed by atoms with Crippen molar-refractivity contribution in [2.75, 3.05) is 0 Å². The second-order valence-corrected chi connectivity index (χ2v) is 5.27. The fourth-order valence-electron chi connectivity index (χ4n) is 1.10. The van der Waals surface area contributed by atoms with E-state index in [1.54, 1.807) is 20.8 Å². The lowest BCUT2D eigenvalue weighted by atomic mass is 10.2. The predicted molar refractivity (Wildman–Crippen MR) is 61.2 cm³/mol. The molecule has 1 rings (SSSR count).